The molecule has 0 spiro atoms. The number of rotatable bonds is 9. The maximum absolute atomic E-state index is 12.7. The van der Waals surface area contributed by atoms with Gasteiger partial charge in [-0.25, -0.2) is 0 Å². The van der Waals surface area contributed by atoms with Crippen LogP contribution in [-0.4, -0.2) is 80.4 Å². The highest BCUT2D eigenvalue weighted by Gasteiger charge is 2.36. The Kier molecular flexibility index (Phi) is 8.98. The van der Waals surface area contributed by atoms with Crippen LogP contribution < -0.4 is 5.32 Å². The number of ether oxygens (including phenoxy) is 1. The highest BCUT2D eigenvalue weighted by molar-refractivity contribution is 7.99. The lowest BCUT2D eigenvalue weighted by molar-refractivity contribution is -0.126. The minimum absolute atomic E-state index is 0.0117. The molecule has 0 aromatic heterocycles. The average molecular weight is 394 g/mol. The van der Waals surface area contributed by atoms with Crippen LogP contribution in [0.2, 0.25) is 0 Å². The highest BCUT2D eigenvalue weighted by Crippen LogP contribution is 2.22. The second kappa shape index (κ2) is 10.7. The normalized spacial score (nSPS) is 23.5. The number of morpholine rings is 1. The van der Waals surface area contributed by atoms with E-state index in [1.807, 2.05) is 11.8 Å². The molecule has 0 aromatic rings. The van der Waals surface area contributed by atoms with Crippen LogP contribution in [0.5, 0.6) is 0 Å². The van der Waals surface area contributed by atoms with Crippen molar-refractivity contribution in [3.05, 3.63) is 0 Å². The SMILES string of the molecule is CCCSCCCNC(=O)C1CCCN(S(=O)(=O)N2CCOCC2)C1. The van der Waals surface area contributed by atoms with Crippen molar-refractivity contribution in [2.75, 3.05) is 57.4 Å². The second-order valence-corrected chi connectivity index (χ2v) is 9.63. The largest absolute Gasteiger partial charge is 0.379 e. The Hall–Kier alpha value is -0.350. The van der Waals surface area contributed by atoms with E-state index in [0.717, 1.165) is 30.8 Å². The first-order valence-corrected chi connectivity index (χ1v) is 11.8. The van der Waals surface area contributed by atoms with E-state index in [-0.39, 0.29) is 18.4 Å². The Morgan fingerprint density at radius 2 is 1.96 bits per heavy atom. The summed E-state index contributed by atoms with van der Waals surface area (Å²) in [5.74, 6) is 1.96. The maximum Gasteiger partial charge on any atom is 0.282 e. The number of thioether (sulfide) groups is 1. The highest BCUT2D eigenvalue weighted by atomic mass is 32.2. The molecule has 2 fully saturated rings. The zero-order chi connectivity index (χ0) is 18.1. The smallest absolute Gasteiger partial charge is 0.282 e. The minimum atomic E-state index is -3.48. The molecule has 2 aliphatic heterocycles. The van der Waals surface area contributed by atoms with Gasteiger partial charge in [-0.05, 0) is 37.2 Å². The third kappa shape index (κ3) is 6.39. The summed E-state index contributed by atoms with van der Waals surface area (Å²) >= 11 is 1.91. The third-order valence-electron chi connectivity index (χ3n) is 4.49. The summed E-state index contributed by atoms with van der Waals surface area (Å²) in [5.41, 5.74) is 0. The Labute approximate surface area is 156 Å². The van der Waals surface area contributed by atoms with Gasteiger partial charge in [-0.2, -0.15) is 28.8 Å². The van der Waals surface area contributed by atoms with Gasteiger partial charge in [-0.15, -0.1) is 0 Å². The molecule has 1 unspecified atom stereocenters. The molecule has 2 rings (SSSR count). The monoisotopic (exact) mass is 393 g/mol. The molecule has 2 saturated heterocycles. The van der Waals surface area contributed by atoms with Crippen LogP contribution in [0.25, 0.3) is 0 Å². The van der Waals surface area contributed by atoms with Crippen LogP contribution in [0.15, 0.2) is 0 Å². The van der Waals surface area contributed by atoms with Crippen LogP contribution in [0, 0.1) is 5.92 Å². The molecule has 0 aliphatic carbocycles. The van der Waals surface area contributed by atoms with Gasteiger partial charge in [0, 0.05) is 32.7 Å². The quantitative estimate of drug-likeness (QED) is 0.590. The first kappa shape index (κ1) is 21.0. The summed E-state index contributed by atoms with van der Waals surface area (Å²) in [6.07, 6.45) is 3.62. The average Bonchev–Trinajstić information content (AvgIpc) is 2.65. The van der Waals surface area contributed by atoms with Crippen LogP contribution in [0.3, 0.4) is 0 Å². The molecule has 2 aliphatic rings. The van der Waals surface area contributed by atoms with Crippen LogP contribution in [-0.2, 0) is 19.7 Å². The van der Waals surface area contributed by atoms with Crippen molar-refractivity contribution >= 4 is 27.9 Å². The van der Waals surface area contributed by atoms with Gasteiger partial charge in [0.15, 0.2) is 0 Å². The van der Waals surface area contributed by atoms with E-state index < -0.39 is 10.2 Å². The Bertz CT molecular complexity index is 510. The van der Waals surface area contributed by atoms with Gasteiger partial charge in [0.25, 0.3) is 10.2 Å². The molecule has 1 N–H and O–H groups in total. The van der Waals surface area contributed by atoms with E-state index in [0.29, 0.717) is 39.4 Å². The Morgan fingerprint density at radius 1 is 1.20 bits per heavy atom. The third-order valence-corrected chi connectivity index (χ3v) is 7.77. The van der Waals surface area contributed by atoms with Gasteiger partial charge in [0.2, 0.25) is 5.91 Å². The van der Waals surface area contributed by atoms with E-state index in [4.69, 9.17) is 4.74 Å². The van der Waals surface area contributed by atoms with Crippen molar-refractivity contribution in [2.45, 2.75) is 32.6 Å². The number of amides is 1. The molecule has 146 valence electrons. The molecule has 25 heavy (non-hydrogen) atoms. The summed E-state index contributed by atoms with van der Waals surface area (Å²) in [6, 6.07) is 0. The molecular formula is C16H31N3O4S2. The van der Waals surface area contributed by atoms with Crippen molar-refractivity contribution < 1.29 is 17.9 Å². The lowest BCUT2D eigenvalue weighted by Gasteiger charge is -2.36. The van der Waals surface area contributed by atoms with Gasteiger partial charge in [0.1, 0.15) is 0 Å². The second-order valence-electron chi connectivity index (χ2n) is 6.47. The fraction of sp³-hybridized carbons (Fsp3) is 0.938. The van der Waals surface area contributed by atoms with Gasteiger partial charge < -0.3 is 10.1 Å². The number of hydrogen-bond acceptors (Lipinski definition) is 5. The van der Waals surface area contributed by atoms with Gasteiger partial charge in [0.05, 0.1) is 19.1 Å². The fourth-order valence-electron chi connectivity index (χ4n) is 3.08. The molecule has 2 heterocycles. The Balaban J connectivity index is 1.78. The van der Waals surface area contributed by atoms with Gasteiger partial charge in [-0.1, -0.05) is 6.92 Å². The van der Waals surface area contributed by atoms with E-state index in [9.17, 15) is 13.2 Å². The first-order chi connectivity index (χ1) is 12.1. The number of carbonyl (C=O) groups excluding carboxylic acids is 1. The van der Waals surface area contributed by atoms with Crippen molar-refractivity contribution in [3.8, 4) is 0 Å². The molecule has 0 bridgehead atoms. The number of carbonyl (C=O) groups is 1. The summed E-state index contributed by atoms with van der Waals surface area (Å²) in [5, 5.41) is 2.97. The number of nitrogens with one attached hydrogen (secondary N) is 1. The van der Waals surface area contributed by atoms with E-state index >= 15 is 0 Å². The number of piperidine rings is 1. The maximum atomic E-state index is 12.7. The van der Waals surface area contributed by atoms with Crippen molar-refractivity contribution in [2.24, 2.45) is 5.92 Å². The van der Waals surface area contributed by atoms with Crippen molar-refractivity contribution in [1.82, 2.24) is 13.9 Å². The van der Waals surface area contributed by atoms with Crippen LogP contribution in [0.4, 0.5) is 0 Å². The molecule has 0 aromatic carbocycles. The standard InChI is InChI=1S/C16H31N3O4S2/c1-2-12-24-13-4-6-17-16(20)15-5-3-7-19(14-15)25(21,22)18-8-10-23-11-9-18/h15H,2-14H2,1H3,(H,17,20). The molecule has 0 radical (unpaired) electrons. The molecule has 1 amide bonds. The lowest BCUT2D eigenvalue weighted by Crippen LogP contribution is -2.53. The van der Waals surface area contributed by atoms with Crippen LogP contribution >= 0.6 is 11.8 Å². The van der Waals surface area contributed by atoms with Crippen molar-refractivity contribution in [1.29, 1.82) is 0 Å². The number of nitrogens with zero attached hydrogens (tertiary/aromatic N) is 2. The first-order valence-electron chi connectivity index (χ1n) is 9.24. The molecule has 7 nitrogen and oxygen atoms in total. The summed E-state index contributed by atoms with van der Waals surface area (Å²) in [7, 11) is -3.48. The molecular weight excluding hydrogens is 362 g/mol. The number of hydrogen-bond donors (Lipinski definition) is 1. The van der Waals surface area contributed by atoms with E-state index in [1.165, 1.54) is 15.0 Å². The molecule has 0 saturated carbocycles. The summed E-state index contributed by atoms with van der Waals surface area (Å²) in [6.45, 7) is 5.28. The lowest BCUT2D eigenvalue weighted by atomic mass is 9.99. The van der Waals surface area contributed by atoms with E-state index in [1.54, 1.807) is 0 Å². The van der Waals surface area contributed by atoms with E-state index in [2.05, 4.69) is 12.2 Å². The predicted molar refractivity (Wildman–Crippen MR) is 101 cm³/mol. The summed E-state index contributed by atoms with van der Waals surface area (Å²) < 4.78 is 33.6. The molecule has 1 atom stereocenters. The summed E-state index contributed by atoms with van der Waals surface area (Å²) in [4.78, 5) is 12.4. The predicted octanol–water partition coefficient (Wildman–Crippen LogP) is 0.925. The van der Waals surface area contributed by atoms with Gasteiger partial charge in [-0.3, -0.25) is 4.79 Å². The minimum Gasteiger partial charge on any atom is -0.379 e. The van der Waals surface area contributed by atoms with Crippen molar-refractivity contribution in [3.63, 3.8) is 0 Å². The zero-order valence-corrected chi connectivity index (χ0v) is 16.7. The fourth-order valence-corrected chi connectivity index (χ4v) is 5.59. The molecule has 9 heteroatoms. The zero-order valence-electron chi connectivity index (χ0n) is 15.1. The van der Waals surface area contributed by atoms with Gasteiger partial charge >= 0.3 is 0 Å². The topological polar surface area (TPSA) is 79.0 Å². The van der Waals surface area contributed by atoms with Crippen LogP contribution in [0.1, 0.15) is 32.6 Å². The Morgan fingerprint density at radius 3 is 2.68 bits per heavy atom.